The molecule has 0 spiro atoms. The van der Waals surface area contributed by atoms with E-state index < -0.39 is 26.8 Å². The van der Waals surface area contributed by atoms with E-state index in [0.717, 1.165) is 12.1 Å². The molecule has 0 amide bonds. The predicted molar refractivity (Wildman–Crippen MR) is 63.1 cm³/mol. The second kappa shape index (κ2) is 4.90. The highest BCUT2D eigenvalue weighted by Gasteiger charge is 2.21. The molecule has 19 heavy (non-hydrogen) atoms. The van der Waals surface area contributed by atoms with Crippen molar-refractivity contribution in [2.24, 2.45) is 0 Å². The molecule has 2 rings (SSSR count). The van der Waals surface area contributed by atoms with E-state index in [2.05, 4.69) is 4.72 Å². The maximum absolute atomic E-state index is 11.8. The topological polar surface area (TPSA) is 110 Å². The van der Waals surface area contributed by atoms with Gasteiger partial charge in [0.2, 0.25) is 10.9 Å². The zero-order valence-electron chi connectivity index (χ0n) is 9.91. The van der Waals surface area contributed by atoms with Crippen LogP contribution in [0, 0.1) is 6.92 Å². The summed E-state index contributed by atoms with van der Waals surface area (Å²) >= 11 is 0. The average Bonchev–Trinajstić information content (AvgIpc) is 2.95. The molecule has 8 heteroatoms. The van der Waals surface area contributed by atoms with Gasteiger partial charge in [-0.05, 0) is 31.2 Å². The quantitative estimate of drug-likeness (QED) is 0.858. The summed E-state index contributed by atoms with van der Waals surface area (Å²) < 4.78 is 35.8. The normalized spacial score (nSPS) is 11.6. The number of hydrogen-bond acceptors (Lipinski definition) is 5. The van der Waals surface area contributed by atoms with Crippen molar-refractivity contribution in [3.63, 3.8) is 0 Å². The first kappa shape index (κ1) is 13.4. The van der Waals surface area contributed by atoms with Crippen LogP contribution in [0.2, 0.25) is 0 Å². The summed E-state index contributed by atoms with van der Waals surface area (Å²) in [5.74, 6) is -0.649. The fourth-order valence-corrected chi connectivity index (χ4v) is 2.32. The lowest BCUT2D eigenvalue weighted by Crippen LogP contribution is -2.22. The van der Waals surface area contributed by atoms with Gasteiger partial charge >= 0.3 is 5.97 Å². The van der Waals surface area contributed by atoms with E-state index in [1.165, 1.54) is 0 Å². The molecule has 0 radical (unpaired) electrons. The van der Waals surface area contributed by atoms with Gasteiger partial charge in [-0.3, -0.25) is 0 Å². The second-order valence-corrected chi connectivity index (χ2v) is 5.46. The van der Waals surface area contributed by atoms with E-state index in [9.17, 15) is 13.2 Å². The average molecular weight is 285 g/mol. The Bertz CT molecular complexity index is 696. The van der Waals surface area contributed by atoms with E-state index >= 15 is 0 Å². The van der Waals surface area contributed by atoms with Gasteiger partial charge in [0.1, 0.15) is 11.5 Å². The van der Waals surface area contributed by atoms with Crippen molar-refractivity contribution in [1.29, 1.82) is 0 Å². The van der Waals surface area contributed by atoms with Crippen LogP contribution >= 0.6 is 0 Å². The number of carboxylic acids is 1. The van der Waals surface area contributed by atoms with E-state index in [1.807, 2.05) is 0 Å². The molecular weight excluding hydrogens is 274 g/mol. The van der Waals surface area contributed by atoms with Gasteiger partial charge in [0.15, 0.2) is 0 Å². The first-order chi connectivity index (χ1) is 8.88. The first-order valence-corrected chi connectivity index (χ1v) is 6.75. The van der Waals surface area contributed by atoms with Crippen molar-refractivity contribution >= 4 is 16.0 Å². The zero-order valence-corrected chi connectivity index (χ0v) is 10.7. The smallest absolute Gasteiger partial charge is 0.371 e. The third kappa shape index (κ3) is 3.04. The Hall–Kier alpha value is -2.06. The van der Waals surface area contributed by atoms with Crippen molar-refractivity contribution < 1.29 is 27.2 Å². The molecule has 0 saturated heterocycles. The zero-order chi connectivity index (χ0) is 14.0. The van der Waals surface area contributed by atoms with Crippen molar-refractivity contribution in [2.45, 2.75) is 18.6 Å². The largest absolute Gasteiger partial charge is 0.475 e. The summed E-state index contributed by atoms with van der Waals surface area (Å²) in [5.41, 5.74) is 0. The van der Waals surface area contributed by atoms with Crippen LogP contribution in [0.15, 0.2) is 38.2 Å². The summed E-state index contributed by atoms with van der Waals surface area (Å²) in [4.78, 5) is 10.6. The summed E-state index contributed by atoms with van der Waals surface area (Å²) in [6, 6.07) is 5.51. The van der Waals surface area contributed by atoms with Gasteiger partial charge in [0.05, 0.1) is 6.54 Å². The van der Waals surface area contributed by atoms with Gasteiger partial charge < -0.3 is 13.9 Å². The first-order valence-electron chi connectivity index (χ1n) is 5.26. The molecule has 0 atom stereocenters. The minimum Gasteiger partial charge on any atom is -0.475 e. The van der Waals surface area contributed by atoms with Crippen LogP contribution in [0.4, 0.5) is 0 Å². The summed E-state index contributed by atoms with van der Waals surface area (Å²) in [6.07, 6.45) is 0. The highest BCUT2D eigenvalue weighted by molar-refractivity contribution is 7.89. The number of furan rings is 2. The number of hydrogen-bond donors (Lipinski definition) is 2. The minimum absolute atomic E-state index is 0.0424. The highest BCUT2D eigenvalue weighted by Crippen LogP contribution is 2.14. The second-order valence-electron chi connectivity index (χ2n) is 3.76. The van der Waals surface area contributed by atoms with Gasteiger partial charge in [0, 0.05) is 0 Å². The summed E-state index contributed by atoms with van der Waals surface area (Å²) in [5, 5.41) is 8.20. The molecule has 0 bridgehead atoms. The number of aryl methyl sites for hydroxylation is 1. The Balaban J connectivity index is 2.11. The monoisotopic (exact) mass is 285 g/mol. The van der Waals surface area contributed by atoms with Gasteiger partial charge in [-0.25, -0.2) is 17.9 Å². The summed E-state index contributed by atoms with van der Waals surface area (Å²) in [6.45, 7) is 1.70. The molecule has 2 heterocycles. The van der Waals surface area contributed by atoms with Crippen LogP contribution in [0.5, 0.6) is 0 Å². The Morgan fingerprint density at radius 3 is 2.53 bits per heavy atom. The van der Waals surface area contributed by atoms with Crippen LogP contribution < -0.4 is 4.72 Å². The summed E-state index contributed by atoms with van der Waals surface area (Å²) in [7, 11) is -3.90. The molecule has 2 aromatic heterocycles. The van der Waals surface area contributed by atoms with E-state index in [0.29, 0.717) is 11.5 Å². The standard InChI is InChI=1S/C11H11NO6S/c1-7-2-3-8(17-7)6-12-19(15,16)10-5-4-9(18-10)11(13)14/h2-5,12H,6H2,1H3,(H,13,14). The van der Waals surface area contributed by atoms with E-state index in [1.54, 1.807) is 19.1 Å². The molecule has 102 valence electrons. The fourth-order valence-electron chi connectivity index (χ4n) is 1.40. The molecule has 7 nitrogen and oxygen atoms in total. The Morgan fingerprint density at radius 2 is 2.00 bits per heavy atom. The Kier molecular flexibility index (Phi) is 3.45. The van der Waals surface area contributed by atoms with Crippen molar-refractivity contribution in [3.05, 3.63) is 41.5 Å². The van der Waals surface area contributed by atoms with Crippen LogP contribution in [0.25, 0.3) is 0 Å². The third-order valence-corrected chi connectivity index (χ3v) is 3.56. The van der Waals surface area contributed by atoms with Crippen molar-refractivity contribution in [3.8, 4) is 0 Å². The lowest BCUT2D eigenvalue weighted by molar-refractivity contribution is 0.0656. The van der Waals surface area contributed by atoms with Crippen LogP contribution in [0.3, 0.4) is 0 Å². The lowest BCUT2D eigenvalue weighted by Gasteiger charge is -2.01. The number of nitrogens with one attached hydrogen (secondary N) is 1. The number of carbonyl (C=O) groups is 1. The molecule has 2 N–H and O–H groups in total. The predicted octanol–water partition coefficient (Wildman–Crippen LogP) is 1.36. The van der Waals surface area contributed by atoms with Gasteiger partial charge in [-0.2, -0.15) is 0 Å². The molecule has 2 aromatic rings. The maximum Gasteiger partial charge on any atom is 0.371 e. The van der Waals surface area contributed by atoms with Gasteiger partial charge in [-0.1, -0.05) is 0 Å². The van der Waals surface area contributed by atoms with Gasteiger partial charge in [-0.15, -0.1) is 0 Å². The molecular formula is C11H11NO6S. The van der Waals surface area contributed by atoms with Gasteiger partial charge in [0.25, 0.3) is 10.0 Å². The third-order valence-electron chi connectivity index (χ3n) is 2.29. The van der Waals surface area contributed by atoms with Crippen molar-refractivity contribution in [2.75, 3.05) is 0 Å². The molecule has 0 aliphatic rings. The molecule has 0 aliphatic carbocycles. The molecule has 0 aromatic carbocycles. The number of carboxylic acid groups (broad SMARTS) is 1. The lowest BCUT2D eigenvalue weighted by atomic mass is 10.4. The van der Waals surface area contributed by atoms with E-state index in [-0.39, 0.29) is 6.54 Å². The van der Waals surface area contributed by atoms with Crippen molar-refractivity contribution in [1.82, 2.24) is 4.72 Å². The Morgan fingerprint density at radius 1 is 1.26 bits per heavy atom. The minimum atomic E-state index is -3.90. The highest BCUT2D eigenvalue weighted by atomic mass is 32.2. The maximum atomic E-state index is 11.8. The Labute approximate surface area is 108 Å². The molecule has 0 fully saturated rings. The van der Waals surface area contributed by atoms with Crippen LogP contribution in [0.1, 0.15) is 22.1 Å². The SMILES string of the molecule is Cc1ccc(CNS(=O)(=O)c2ccc(C(=O)O)o2)o1. The number of aromatic carboxylic acids is 1. The van der Waals surface area contributed by atoms with Crippen LogP contribution in [-0.4, -0.2) is 19.5 Å². The number of sulfonamides is 1. The molecule has 0 saturated carbocycles. The fraction of sp³-hybridized carbons (Fsp3) is 0.182. The molecule has 0 unspecified atom stereocenters. The van der Waals surface area contributed by atoms with Crippen LogP contribution in [-0.2, 0) is 16.6 Å². The number of rotatable bonds is 5. The van der Waals surface area contributed by atoms with E-state index in [4.69, 9.17) is 13.9 Å². The molecule has 0 aliphatic heterocycles.